The quantitative estimate of drug-likeness (QED) is 0.169. The molecule has 0 amide bonds. The summed E-state index contributed by atoms with van der Waals surface area (Å²) in [4.78, 5) is 0. The van der Waals surface area contributed by atoms with Gasteiger partial charge in [-0.05, 0) is 36.1 Å². The maximum Gasteiger partial charge on any atom is 0.460 e. The third kappa shape index (κ3) is 6.01. The lowest BCUT2D eigenvalue weighted by Gasteiger charge is -2.42. The summed E-state index contributed by atoms with van der Waals surface area (Å²) in [5.74, 6) is -58.5. The number of hydrogen-bond donors (Lipinski definition) is 1. The summed E-state index contributed by atoms with van der Waals surface area (Å²) in [5, 5.41) is 10.1. The fourth-order valence-electron chi connectivity index (χ4n) is 3.25. The highest BCUT2D eigenvalue weighted by Crippen LogP contribution is 2.64. The second-order valence-corrected chi connectivity index (χ2v) is 10.2. The van der Waals surface area contributed by atoms with Crippen molar-refractivity contribution in [2.75, 3.05) is 5.75 Å². The van der Waals surface area contributed by atoms with E-state index >= 15 is 0 Å². The first kappa shape index (κ1) is 37.2. The lowest BCUT2D eigenvalue weighted by Crippen LogP contribution is -2.74. The number of alkyl halides is 17. The van der Waals surface area contributed by atoms with Crippen molar-refractivity contribution in [1.82, 2.24) is 0 Å². The number of benzene rings is 1. The Labute approximate surface area is 225 Å². The van der Waals surface area contributed by atoms with Gasteiger partial charge in [0.05, 0.1) is 0 Å². The van der Waals surface area contributed by atoms with Crippen molar-refractivity contribution in [1.29, 1.82) is 0 Å². The molecule has 240 valence electrons. The van der Waals surface area contributed by atoms with Gasteiger partial charge in [0.2, 0.25) is 0 Å². The van der Waals surface area contributed by atoms with Crippen LogP contribution in [-0.4, -0.2) is 58.5 Å². The molecule has 0 aromatic heterocycles. The van der Waals surface area contributed by atoms with Crippen molar-refractivity contribution in [3.05, 3.63) is 28.8 Å². The number of aryl methyl sites for hydroxylation is 1. The summed E-state index contributed by atoms with van der Waals surface area (Å²) in [6.45, 7) is 5.00. The second-order valence-electron chi connectivity index (χ2n) is 9.11. The Morgan fingerprint density at radius 3 is 1.51 bits per heavy atom. The molecule has 0 bridgehead atoms. The number of thioether (sulfide) groups is 1. The van der Waals surface area contributed by atoms with Crippen LogP contribution < -0.4 is 0 Å². The Morgan fingerprint density at radius 2 is 1.10 bits per heavy atom. The maximum absolute atomic E-state index is 14.0. The van der Waals surface area contributed by atoms with Gasteiger partial charge in [-0.1, -0.05) is 26.0 Å². The molecule has 1 aromatic carbocycles. The van der Waals surface area contributed by atoms with E-state index in [4.69, 9.17) is 0 Å². The number of rotatable bonds is 13. The van der Waals surface area contributed by atoms with Gasteiger partial charge in [-0.2, -0.15) is 86.4 Å². The molecule has 0 saturated carbocycles. The van der Waals surface area contributed by atoms with Crippen molar-refractivity contribution >= 4 is 11.8 Å². The monoisotopic (exact) mass is 656 g/mol. The van der Waals surface area contributed by atoms with E-state index in [9.17, 15) is 79.7 Å². The Balaban J connectivity index is 3.26. The Kier molecular flexibility index (Phi) is 10.3. The second kappa shape index (κ2) is 11.4. The number of hydrogen-bond acceptors (Lipinski definition) is 2. The maximum atomic E-state index is 14.0. The molecule has 1 atom stereocenters. The van der Waals surface area contributed by atoms with Crippen LogP contribution in [-0.2, 0) is 5.75 Å². The molecule has 0 heterocycles. The summed E-state index contributed by atoms with van der Waals surface area (Å²) in [5.41, 5.74) is 0.988. The zero-order valence-corrected chi connectivity index (χ0v) is 21.7. The molecule has 0 aliphatic heterocycles. The van der Waals surface area contributed by atoms with Crippen molar-refractivity contribution in [2.45, 2.75) is 92.9 Å². The summed E-state index contributed by atoms with van der Waals surface area (Å²) in [7, 11) is 0. The van der Waals surface area contributed by atoms with Crippen LogP contribution in [0.5, 0.6) is 5.75 Å². The molecule has 1 rings (SSSR count). The molecular weight excluding hydrogens is 635 g/mol. The molecular formula is C22H21F17OS. The van der Waals surface area contributed by atoms with Crippen LogP contribution in [0.1, 0.15) is 49.3 Å². The lowest BCUT2D eigenvalue weighted by atomic mass is 9.88. The smallest absolute Gasteiger partial charge is 0.460 e. The van der Waals surface area contributed by atoms with Gasteiger partial charge in [-0.15, -0.1) is 0 Å². The van der Waals surface area contributed by atoms with Gasteiger partial charge in [0.15, 0.2) is 0 Å². The van der Waals surface area contributed by atoms with E-state index in [1.165, 1.54) is 13.0 Å². The van der Waals surface area contributed by atoms with E-state index in [1.54, 1.807) is 19.9 Å². The SMILES string of the molecule is CCC(C)c1cc(C)c(O)c(CSCCC(F)(F)C(F)(F)C(F)(F)C(F)(F)C(F)(F)C(F)(F)C(F)(F)C(F)(F)F)c1. The minimum atomic E-state index is -8.63. The predicted molar refractivity (Wildman–Crippen MR) is 113 cm³/mol. The first-order chi connectivity index (χ1) is 18.0. The van der Waals surface area contributed by atoms with E-state index in [0.717, 1.165) is 0 Å². The fourth-order valence-corrected chi connectivity index (χ4v) is 4.23. The highest BCUT2D eigenvalue weighted by Gasteiger charge is 2.95. The lowest BCUT2D eigenvalue weighted by molar-refractivity contribution is -0.461. The average molecular weight is 656 g/mol. The molecule has 0 spiro atoms. The van der Waals surface area contributed by atoms with Crippen LogP contribution in [0.2, 0.25) is 0 Å². The molecule has 1 nitrogen and oxygen atoms in total. The van der Waals surface area contributed by atoms with E-state index in [2.05, 4.69) is 0 Å². The molecule has 1 N–H and O–H groups in total. The Bertz CT molecular complexity index is 1060. The van der Waals surface area contributed by atoms with Gasteiger partial charge in [0, 0.05) is 17.7 Å². The van der Waals surface area contributed by atoms with E-state index in [-0.39, 0.29) is 29.0 Å². The minimum Gasteiger partial charge on any atom is -0.507 e. The van der Waals surface area contributed by atoms with Crippen LogP contribution in [0.25, 0.3) is 0 Å². The summed E-state index contributed by atoms with van der Waals surface area (Å²) < 4.78 is 227. The summed E-state index contributed by atoms with van der Waals surface area (Å²) in [6, 6.07) is 2.96. The van der Waals surface area contributed by atoms with Gasteiger partial charge < -0.3 is 5.11 Å². The molecule has 0 radical (unpaired) electrons. The third-order valence-electron chi connectivity index (χ3n) is 6.19. The topological polar surface area (TPSA) is 20.2 Å². The summed E-state index contributed by atoms with van der Waals surface area (Å²) >= 11 is 0.236. The van der Waals surface area contributed by atoms with Crippen LogP contribution in [0.3, 0.4) is 0 Å². The predicted octanol–water partition coefficient (Wildman–Crippen LogP) is 9.85. The Hall–Kier alpha value is -1.82. The van der Waals surface area contributed by atoms with Gasteiger partial charge >= 0.3 is 47.6 Å². The zero-order chi connectivity index (χ0) is 32.8. The van der Waals surface area contributed by atoms with Crippen LogP contribution in [0.4, 0.5) is 74.6 Å². The molecule has 41 heavy (non-hydrogen) atoms. The zero-order valence-electron chi connectivity index (χ0n) is 20.8. The molecule has 19 heteroatoms. The summed E-state index contributed by atoms with van der Waals surface area (Å²) in [6.07, 6.45) is -9.69. The number of phenols is 1. The van der Waals surface area contributed by atoms with Crippen LogP contribution >= 0.6 is 11.8 Å². The van der Waals surface area contributed by atoms with E-state index in [0.29, 0.717) is 17.5 Å². The highest BCUT2D eigenvalue weighted by atomic mass is 32.2. The van der Waals surface area contributed by atoms with Crippen molar-refractivity contribution in [2.24, 2.45) is 0 Å². The standard InChI is InChI=1S/C22H21F17OS/c1-4-10(2)12-7-11(3)14(40)13(8-12)9-41-6-5-15(23,24)16(25,26)17(27,28)18(29,30)19(31,32)20(33,34)21(35,36)22(37,38)39/h7-8,10,40H,4-6,9H2,1-3H3. The van der Waals surface area contributed by atoms with Crippen molar-refractivity contribution in [3.63, 3.8) is 0 Å². The van der Waals surface area contributed by atoms with Gasteiger partial charge in [-0.25, -0.2) is 0 Å². The number of halogens is 17. The van der Waals surface area contributed by atoms with Crippen LogP contribution in [0.15, 0.2) is 12.1 Å². The molecule has 0 aliphatic carbocycles. The van der Waals surface area contributed by atoms with Gasteiger partial charge in [0.1, 0.15) is 5.75 Å². The largest absolute Gasteiger partial charge is 0.507 e. The van der Waals surface area contributed by atoms with E-state index in [1.807, 2.05) is 0 Å². The number of phenolic OH excluding ortho intramolecular Hbond substituents is 1. The minimum absolute atomic E-state index is 0.0460. The van der Waals surface area contributed by atoms with Crippen molar-refractivity contribution < 1.29 is 79.7 Å². The molecule has 1 unspecified atom stereocenters. The fraction of sp³-hybridized carbons (Fsp3) is 0.727. The van der Waals surface area contributed by atoms with Crippen molar-refractivity contribution in [3.8, 4) is 5.75 Å². The molecule has 0 aliphatic rings. The molecule has 0 fully saturated rings. The highest BCUT2D eigenvalue weighted by molar-refractivity contribution is 7.98. The Morgan fingerprint density at radius 1 is 0.683 bits per heavy atom. The van der Waals surface area contributed by atoms with Gasteiger partial charge in [-0.3, -0.25) is 0 Å². The average Bonchev–Trinajstić information content (AvgIpc) is 2.81. The normalized spacial score (nSPS) is 15.8. The van der Waals surface area contributed by atoms with E-state index < -0.39 is 65.6 Å². The third-order valence-corrected chi connectivity index (χ3v) is 7.20. The molecule has 1 aromatic rings. The first-order valence-corrected chi connectivity index (χ1v) is 12.3. The first-order valence-electron chi connectivity index (χ1n) is 11.1. The van der Waals surface area contributed by atoms with Crippen LogP contribution in [0, 0.1) is 6.92 Å². The van der Waals surface area contributed by atoms with Gasteiger partial charge in [0.25, 0.3) is 0 Å². The number of aromatic hydroxyl groups is 1. The molecule has 0 saturated heterocycles.